The fourth-order valence-corrected chi connectivity index (χ4v) is 16.3. The van der Waals surface area contributed by atoms with Crippen molar-refractivity contribution in [3.63, 3.8) is 0 Å². The largest absolute Gasteiger partial charge is 0.508 e. The summed E-state index contributed by atoms with van der Waals surface area (Å²) in [5.41, 5.74) is 14.8. The molecule has 0 unspecified atom stereocenters. The zero-order valence-corrected chi connectivity index (χ0v) is 75.4. The zero-order valence-electron chi connectivity index (χ0n) is 74.5. The first-order valence-corrected chi connectivity index (χ1v) is 44.8. The van der Waals surface area contributed by atoms with Crippen LogP contribution in [0.15, 0.2) is 97.7 Å². The Kier molecular flexibility index (Phi) is 39.0. The van der Waals surface area contributed by atoms with Crippen LogP contribution in [0.25, 0.3) is 21.8 Å². The number of amides is 16. The molecule has 2 aliphatic heterocycles. The van der Waals surface area contributed by atoms with Gasteiger partial charge in [-0.2, -0.15) is 0 Å². The Bertz CT molecular complexity index is 4970. The summed E-state index contributed by atoms with van der Waals surface area (Å²) >= 11 is 0.754. The number of H-pyrrole nitrogens is 3. The molecule has 0 aliphatic carbocycles. The number of carboxylic acid groups (broad SMARTS) is 1. The number of rotatable bonds is 25. The number of phenols is 1. The van der Waals surface area contributed by atoms with Gasteiger partial charge in [-0.1, -0.05) is 102 Å². The number of para-hydroxylation sites is 2. The molecule has 2 fully saturated rings. The molecule has 3 aromatic carbocycles. The van der Waals surface area contributed by atoms with Crippen molar-refractivity contribution in [1.82, 2.24) is 98.0 Å². The highest BCUT2D eigenvalue weighted by molar-refractivity contribution is 8.00. The van der Waals surface area contributed by atoms with Gasteiger partial charge in [0.2, 0.25) is 94.5 Å². The van der Waals surface area contributed by atoms with Crippen LogP contribution in [0.1, 0.15) is 141 Å². The van der Waals surface area contributed by atoms with E-state index < -0.39 is 216 Å². The number of primary amides is 1. The van der Waals surface area contributed by atoms with Crippen LogP contribution >= 0.6 is 11.8 Å². The number of aromatic nitrogens is 4. The Morgan fingerprint density at radius 2 is 1.08 bits per heavy atom. The Balaban J connectivity index is 1.18. The molecule has 0 bridgehead atoms. The Morgan fingerprint density at radius 3 is 1.68 bits per heavy atom. The number of aliphatic hydroxyl groups is 1. The molecule has 5 heterocycles. The second-order valence-corrected chi connectivity index (χ2v) is 34.2. The van der Waals surface area contributed by atoms with Crippen LogP contribution in [-0.4, -0.2) is 299 Å². The van der Waals surface area contributed by atoms with E-state index in [1.54, 1.807) is 74.8 Å². The van der Waals surface area contributed by atoms with E-state index in [9.17, 15) is 68.1 Å². The highest BCUT2D eigenvalue weighted by atomic mass is 32.2. The highest BCUT2D eigenvalue weighted by Gasteiger charge is 2.44. The first-order valence-electron chi connectivity index (χ1n) is 43.6. The summed E-state index contributed by atoms with van der Waals surface area (Å²) in [5, 5.41) is 61.0. The number of aliphatic hydroxyl groups excluding tert-OH is 1. The normalized spacial score (nSPS) is 24.2. The van der Waals surface area contributed by atoms with Crippen molar-refractivity contribution in [3.8, 4) is 5.75 Å². The average molecular weight is 1830 g/mol. The molecule has 3 aromatic heterocycles. The van der Waals surface area contributed by atoms with Crippen molar-refractivity contribution in [1.29, 1.82) is 0 Å². The number of aliphatic carboxylic acids is 1. The zero-order chi connectivity index (χ0) is 95.2. The average Bonchev–Trinajstić information content (AvgIpc) is 1.81. The van der Waals surface area contributed by atoms with Gasteiger partial charge in [0.05, 0.1) is 25.1 Å². The van der Waals surface area contributed by atoms with Crippen LogP contribution in [0.3, 0.4) is 0 Å². The number of hydrogen-bond acceptors (Lipinski definition) is 22. The van der Waals surface area contributed by atoms with Gasteiger partial charge in [0.1, 0.15) is 96.9 Å². The van der Waals surface area contributed by atoms with Crippen molar-refractivity contribution in [3.05, 3.63) is 120 Å². The molecular weight excluding hydrogens is 1700 g/mol. The molecular formula is C88H123N21O20S. The predicted octanol–water partition coefficient (Wildman–Crippen LogP) is -1.31. The monoisotopic (exact) mass is 1830 g/mol. The van der Waals surface area contributed by atoms with Crippen LogP contribution < -0.4 is 70.0 Å². The van der Waals surface area contributed by atoms with Gasteiger partial charge in [-0.05, 0) is 112 Å². The maximum Gasteiger partial charge on any atom is 0.322 e. The number of unbranched alkanes of at least 4 members (excludes halogenated alkanes) is 2. The van der Waals surface area contributed by atoms with Gasteiger partial charge in [0.15, 0.2) is 0 Å². The summed E-state index contributed by atoms with van der Waals surface area (Å²) in [6.45, 7) is 7.66. The van der Waals surface area contributed by atoms with Crippen molar-refractivity contribution in [2.45, 2.75) is 229 Å². The second kappa shape index (κ2) is 49.5. The maximum absolute atomic E-state index is 15.6. The summed E-state index contributed by atoms with van der Waals surface area (Å²) in [6, 6.07) is -1.71. The third-order valence-electron chi connectivity index (χ3n) is 22.9. The van der Waals surface area contributed by atoms with Crippen molar-refractivity contribution in [2.24, 2.45) is 17.4 Å². The lowest BCUT2D eigenvalue weighted by Gasteiger charge is -2.36. The predicted molar refractivity (Wildman–Crippen MR) is 479 cm³/mol. The first-order chi connectivity index (χ1) is 61.9. The smallest absolute Gasteiger partial charge is 0.322 e. The quantitative estimate of drug-likeness (QED) is 0.0316. The first kappa shape index (κ1) is 102. The Morgan fingerprint density at radius 1 is 0.554 bits per heavy atom. The van der Waals surface area contributed by atoms with E-state index in [4.69, 9.17) is 11.5 Å². The van der Waals surface area contributed by atoms with Crippen molar-refractivity contribution in [2.75, 3.05) is 58.9 Å². The van der Waals surface area contributed by atoms with Gasteiger partial charge >= 0.3 is 5.97 Å². The van der Waals surface area contributed by atoms with Gasteiger partial charge in [-0.25, -0.2) is 4.98 Å². The molecule has 0 saturated carbocycles. The number of imidazole rings is 1. The van der Waals surface area contributed by atoms with Crippen molar-refractivity contribution >= 4 is 134 Å². The molecule has 2 saturated heterocycles. The van der Waals surface area contributed by atoms with E-state index in [2.05, 4.69) is 78.4 Å². The number of carbonyl (C=O) groups is 17. The maximum atomic E-state index is 15.6. The lowest BCUT2D eigenvalue weighted by molar-refractivity contribution is -0.149. The van der Waals surface area contributed by atoms with Gasteiger partial charge in [-0.3, -0.25) is 81.5 Å². The molecule has 42 heteroatoms. The number of aromatic amines is 3. The Labute approximate surface area is 756 Å². The molecule has 6 aromatic rings. The minimum Gasteiger partial charge on any atom is -0.508 e. The number of phenolic OH excluding ortho intramolecular Hbond substituents is 1. The number of fused-ring (bicyclic) bond motifs is 3. The summed E-state index contributed by atoms with van der Waals surface area (Å²) in [5.74, 6) is -17.8. The highest BCUT2D eigenvalue weighted by Crippen LogP contribution is 2.26. The van der Waals surface area contributed by atoms with E-state index in [0.29, 0.717) is 69.9 Å². The minimum atomic E-state index is -1.86. The molecule has 130 heavy (non-hydrogen) atoms. The lowest BCUT2D eigenvalue weighted by atomic mass is 10.00. The lowest BCUT2D eigenvalue weighted by Crippen LogP contribution is -2.62. The summed E-state index contributed by atoms with van der Waals surface area (Å²) in [4.78, 5) is 265. The van der Waals surface area contributed by atoms with E-state index in [-0.39, 0.29) is 95.4 Å². The standard InChI is InChI=1S/C88H123N21O20S/c1-10-12-25-69-83(124)96-49(5)75(116)105-68(77(118)94-43-74(114)115)45-130-46-73(113)97-64(35-51-28-30-55(111)31-29-51)85(126)106(7)50(6)76(117)102-66(39-72(90)112)87(128)109-33-19-27-70(109)84(125)101-63(38-54-42-91-47-95-54)81(122)99-61(34-48(3)4)79(120)98-60(24-18-32-89)78(119)100-62(36-52-40-92-58-22-16-14-20-56(52)58)80(121)104-67(44-110)82(123)103-65(37-53-41-93-59-23-17-15-21-57(53)59)86(127)108(9)71(26-13-11-2)88(129)107(69)8/h14-17,20-23,28-31,40-42,47-50,60-71,92-93,110-111H,10-13,18-19,24-27,32-39,43-46,89H2,1-9H3,(H2,90,112)(H,91,95)(H,94,118)(H,96,124)(H,97,113)(H,98,120)(H,99,122)(H,100,119)(H,101,125)(H,102,117)(H,103,123)(H,104,121)(H,105,116)(H,114,115)/t49-,50-,60-,61-,62-,63-,64-,65-,66-,67-,68-,69-,70-,71-/m0/s1. The van der Waals surface area contributed by atoms with Crippen LogP contribution in [-0.2, 0) is 107 Å². The van der Waals surface area contributed by atoms with Crippen LogP contribution in [0, 0.1) is 5.92 Å². The van der Waals surface area contributed by atoms with Crippen LogP contribution in [0.2, 0.25) is 0 Å². The number of nitrogens with two attached hydrogens (primary N) is 2. The summed E-state index contributed by atoms with van der Waals surface area (Å²) in [6.07, 6.45) is 5.93. The number of carbonyl (C=O) groups excluding carboxylic acids is 16. The number of benzene rings is 3. The number of thioether (sulfide) groups is 1. The third kappa shape index (κ3) is 29.0. The third-order valence-corrected chi connectivity index (χ3v) is 24.0. The van der Waals surface area contributed by atoms with Crippen LogP contribution in [0.4, 0.5) is 0 Å². The molecule has 21 N–H and O–H groups in total. The number of carboxylic acids is 1. The Hall–Kier alpha value is -13.0. The molecule has 706 valence electrons. The molecule has 0 spiro atoms. The molecule has 14 atom stereocenters. The van der Waals surface area contributed by atoms with Crippen LogP contribution in [0.5, 0.6) is 5.75 Å². The number of hydrogen-bond donors (Lipinski definition) is 19. The SMILES string of the molecule is CCCC[C@H]1C(=O)N(C)[C@@H](CCCC)C(=O)N[C@@H](C)C(=O)N[C@H](C(=O)NCC(=O)O)CSCC(=O)N[C@@H](Cc2ccc(O)cc2)C(=O)N(C)[C@@H](C)C(=O)N[C@@H](CC(N)=O)C(=O)N2CCC[C@H]2C(=O)N[C@@H](Cc2cnc[nH]2)C(=O)N[C@@H](CC(C)C)C(=O)N[C@@H](CCCN)C(=O)N[C@@H](Cc2c[nH]c3ccccc23)C(=O)N[C@@H](CO)C(=O)N[C@@H](Cc2c[nH]c3ccccc23)C(=O)N1C. The molecule has 16 amide bonds. The summed E-state index contributed by atoms with van der Waals surface area (Å²) < 4.78 is 0. The molecule has 2 aliphatic rings. The summed E-state index contributed by atoms with van der Waals surface area (Å²) in [7, 11) is 3.92. The number of likely N-dealkylation sites (N-methyl/N-ethyl adjacent to an activating group) is 3. The van der Waals surface area contributed by atoms with E-state index >= 15 is 28.8 Å². The number of aromatic hydroxyl groups is 1. The number of nitrogens with one attached hydrogen (secondary N) is 14. The van der Waals surface area contributed by atoms with Gasteiger partial charge in [-0.15, -0.1) is 11.8 Å². The van der Waals surface area contributed by atoms with Gasteiger partial charge in [0, 0.05) is 105 Å². The minimum absolute atomic E-state index is 0.00401. The fraction of sp³-hybridized carbons (Fsp3) is 0.523. The molecule has 41 nitrogen and oxygen atoms in total. The topological polar surface area (TPSA) is 608 Å². The second-order valence-electron chi connectivity index (χ2n) is 33.2. The fourth-order valence-electron chi connectivity index (χ4n) is 15.5. The number of nitrogens with zero attached hydrogens (tertiary/aromatic N) is 5. The molecule has 0 radical (unpaired) electrons. The van der Waals surface area contributed by atoms with E-state index in [1.807, 2.05) is 13.8 Å². The van der Waals surface area contributed by atoms with Crippen molar-refractivity contribution < 1.29 is 96.8 Å². The van der Waals surface area contributed by atoms with Gasteiger partial charge < -0.3 is 120 Å². The molecule has 8 rings (SSSR count). The van der Waals surface area contributed by atoms with E-state index in [0.717, 1.165) is 31.4 Å². The van der Waals surface area contributed by atoms with E-state index in [1.165, 1.54) is 71.8 Å². The van der Waals surface area contributed by atoms with Gasteiger partial charge in [0.25, 0.3) is 0 Å².